The highest BCUT2D eigenvalue weighted by molar-refractivity contribution is 5.09. The van der Waals surface area contributed by atoms with Crippen molar-refractivity contribution in [3.8, 4) is 0 Å². The van der Waals surface area contributed by atoms with E-state index in [1.54, 1.807) is 17.7 Å². The Morgan fingerprint density at radius 1 is 1.33 bits per heavy atom. The first kappa shape index (κ1) is 10.2. The van der Waals surface area contributed by atoms with Crippen molar-refractivity contribution in [2.45, 2.75) is 18.9 Å². The second-order valence-electron chi connectivity index (χ2n) is 3.96. The van der Waals surface area contributed by atoms with Crippen LogP contribution in [0.15, 0.2) is 15.7 Å². The van der Waals surface area contributed by atoms with E-state index in [-0.39, 0.29) is 17.3 Å². The maximum atomic E-state index is 11.7. The summed E-state index contributed by atoms with van der Waals surface area (Å²) in [7, 11) is 3.20. The van der Waals surface area contributed by atoms with Gasteiger partial charge < -0.3 is 5.32 Å². The predicted octanol–water partition coefficient (Wildman–Crippen LogP) is -0.492. The molecule has 0 bridgehead atoms. The lowest BCUT2D eigenvalue weighted by molar-refractivity contribution is 0.556. The number of aromatic nitrogens is 2. The fraction of sp³-hybridized carbons (Fsp3) is 0.600. The molecule has 15 heavy (non-hydrogen) atoms. The van der Waals surface area contributed by atoms with Gasteiger partial charge in [-0.2, -0.15) is 0 Å². The summed E-state index contributed by atoms with van der Waals surface area (Å²) < 4.78 is 2.67. The molecular formula is C10H15N3O2. The maximum Gasteiger partial charge on any atom is 0.330 e. The van der Waals surface area contributed by atoms with E-state index in [0.29, 0.717) is 0 Å². The SMILES string of the molecule is Cn1c(C2CCCN2)cc(=O)n(C)c1=O. The van der Waals surface area contributed by atoms with Crippen molar-refractivity contribution in [1.82, 2.24) is 14.5 Å². The molecule has 0 amide bonds. The van der Waals surface area contributed by atoms with E-state index >= 15 is 0 Å². The molecule has 1 fully saturated rings. The van der Waals surface area contributed by atoms with Gasteiger partial charge in [-0.3, -0.25) is 13.9 Å². The molecule has 1 aliphatic heterocycles. The van der Waals surface area contributed by atoms with Crippen molar-refractivity contribution >= 4 is 0 Å². The second kappa shape index (κ2) is 3.66. The third-order valence-electron chi connectivity index (χ3n) is 2.98. The van der Waals surface area contributed by atoms with Gasteiger partial charge in [0.25, 0.3) is 5.56 Å². The van der Waals surface area contributed by atoms with Gasteiger partial charge in [-0.05, 0) is 19.4 Å². The molecule has 1 aromatic heterocycles. The molecule has 1 saturated heterocycles. The van der Waals surface area contributed by atoms with Crippen LogP contribution in [0.4, 0.5) is 0 Å². The monoisotopic (exact) mass is 209 g/mol. The minimum Gasteiger partial charge on any atom is -0.309 e. The molecule has 0 aliphatic carbocycles. The van der Waals surface area contributed by atoms with Gasteiger partial charge in [0.05, 0.1) is 0 Å². The average molecular weight is 209 g/mol. The highest BCUT2D eigenvalue weighted by Gasteiger charge is 2.20. The molecule has 0 saturated carbocycles. The molecule has 5 heteroatoms. The van der Waals surface area contributed by atoms with Crippen molar-refractivity contribution in [2.24, 2.45) is 14.1 Å². The standard InChI is InChI=1S/C10H15N3O2/c1-12-8(7-4-3-5-11-7)6-9(14)13(2)10(12)15/h6-7,11H,3-5H2,1-2H3. The second-order valence-corrected chi connectivity index (χ2v) is 3.96. The van der Waals surface area contributed by atoms with Crippen LogP contribution in [0.5, 0.6) is 0 Å². The van der Waals surface area contributed by atoms with E-state index in [1.165, 1.54) is 7.05 Å². The third kappa shape index (κ3) is 1.63. The minimum atomic E-state index is -0.258. The fourth-order valence-electron chi connectivity index (χ4n) is 2.02. The average Bonchev–Trinajstić information content (AvgIpc) is 2.73. The zero-order valence-electron chi connectivity index (χ0n) is 8.99. The maximum absolute atomic E-state index is 11.7. The molecule has 2 rings (SSSR count). The molecule has 1 atom stereocenters. The Morgan fingerprint density at radius 3 is 2.67 bits per heavy atom. The first-order chi connectivity index (χ1) is 7.11. The Labute approximate surface area is 87.3 Å². The lowest BCUT2D eigenvalue weighted by atomic mass is 10.1. The van der Waals surface area contributed by atoms with Gasteiger partial charge in [0.1, 0.15) is 0 Å². The number of hydrogen-bond donors (Lipinski definition) is 1. The van der Waals surface area contributed by atoms with Crippen LogP contribution >= 0.6 is 0 Å². The lowest BCUT2D eigenvalue weighted by Crippen LogP contribution is -2.39. The van der Waals surface area contributed by atoms with Gasteiger partial charge in [-0.25, -0.2) is 4.79 Å². The summed E-state index contributed by atoms with van der Waals surface area (Å²) >= 11 is 0. The quantitative estimate of drug-likeness (QED) is 0.679. The van der Waals surface area contributed by atoms with Crippen LogP contribution in [0.1, 0.15) is 24.6 Å². The van der Waals surface area contributed by atoms with Crippen LogP contribution < -0.4 is 16.6 Å². The zero-order chi connectivity index (χ0) is 11.0. The molecule has 2 heterocycles. The molecular weight excluding hydrogens is 194 g/mol. The lowest BCUT2D eigenvalue weighted by Gasteiger charge is -2.15. The first-order valence-corrected chi connectivity index (χ1v) is 5.11. The highest BCUT2D eigenvalue weighted by atomic mass is 16.2. The Hall–Kier alpha value is -1.36. The largest absolute Gasteiger partial charge is 0.330 e. The molecule has 5 nitrogen and oxygen atoms in total. The zero-order valence-corrected chi connectivity index (χ0v) is 8.99. The molecule has 82 valence electrons. The molecule has 0 spiro atoms. The van der Waals surface area contributed by atoms with E-state index in [9.17, 15) is 9.59 Å². The van der Waals surface area contributed by atoms with E-state index in [2.05, 4.69) is 5.32 Å². The van der Waals surface area contributed by atoms with E-state index < -0.39 is 0 Å². The smallest absolute Gasteiger partial charge is 0.309 e. The van der Waals surface area contributed by atoms with E-state index in [1.807, 2.05) is 0 Å². The van der Waals surface area contributed by atoms with Crippen LogP contribution in [0.25, 0.3) is 0 Å². The topological polar surface area (TPSA) is 56.0 Å². The van der Waals surface area contributed by atoms with Gasteiger partial charge >= 0.3 is 5.69 Å². The molecule has 1 aromatic rings. The Balaban J connectivity index is 2.57. The van der Waals surface area contributed by atoms with Gasteiger partial charge in [-0.1, -0.05) is 0 Å². The van der Waals surface area contributed by atoms with Crippen molar-refractivity contribution in [3.63, 3.8) is 0 Å². The van der Waals surface area contributed by atoms with Crippen molar-refractivity contribution in [3.05, 3.63) is 32.6 Å². The number of rotatable bonds is 1. The molecule has 0 aromatic carbocycles. The summed E-state index contributed by atoms with van der Waals surface area (Å²) in [5.41, 5.74) is 0.300. The summed E-state index contributed by atoms with van der Waals surface area (Å²) in [5.74, 6) is 0. The van der Waals surface area contributed by atoms with E-state index in [4.69, 9.17) is 0 Å². The third-order valence-corrected chi connectivity index (χ3v) is 2.98. The van der Waals surface area contributed by atoms with Crippen LogP contribution in [0.2, 0.25) is 0 Å². The van der Waals surface area contributed by atoms with Gasteiger partial charge in [0.15, 0.2) is 0 Å². The van der Waals surface area contributed by atoms with Crippen molar-refractivity contribution in [1.29, 1.82) is 0 Å². The molecule has 1 aliphatic rings. The number of nitrogens with zero attached hydrogens (tertiary/aromatic N) is 2. The number of hydrogen-bond acceptors (Lipinski definition) is 3. The van der Waals surface area contributed by atoms with Gasteiger partial charge in [0.2, 0.25) is 0 Å². The van der Waals surface area contributed by atoms with Crippen LogP contribution in [0.3, 0.4) is 0 Å². The highest BCUT2D eigenvalue weighted by Crippen LogP contribution is 2.20. The summed E-state index contributed by atoms with van der Waals surface area (Å²) in [4.78, 5) is 23.2. The van der Waals surface area contributed by atoms with Crippen molar-refractivity contribution in [2.75, 3.05) is 6.54 Å². The molecule has 1 N–H and O–H groups in total. The number of nitrogens with one attached hydrogen (secondary N) is 1. The molecule has 1 unspecified atom stereocenters. The van der Waals surface area contributed by atoms with Crippen LogP contribution in [-0.4, -0.2) is 15.7 Å². The first-order valence-electron chi connectivity index (χ1n) is 5.11. The fourth-order valence-corrected chi connectivity index (χ4v) is 2.02. The Kier molecular flexibility index (Phi) is 2.48. The normalized spacial score (nSPS) is 20.8. The molecule has 0 radical (unpaired) electrons. The minimum absolute atomic E-state index is 0.150. The van der Waals surface area contributed by atoms with Gasteiger partial charge in [0, 0.05) is 31.9 Å². The van der Waals surface area contributed by atoms with Crippen molar-refractivity contribution < 1.29 is 0 Å². The predicted molar refractivity (Wildman–Crippen MR) is 56.9 cm³/mol. The van der Waals surface area contributed by atoms with Crippen LogP contribution in [-0.2, 0) is 14.1 Å². The Morgan fingerprint density at radius 2 is 2.07 bits per heavy atom. The van der Waals surface area contributed by atoms with Gasteiger partial charge in [-0.15, -0.1) is 0 Å². The van der Waals surface area contributed by atoms with Crippen LogP contribution in [0, 0.1) is 0 Å². The Bertz CT molecular complexity index is 480. The summed E-state index contributed by atoms with van der Waals surface area (Å²) in [6.07, 6.45) is 2.08. The summed E-state index contributed by atoms with van der Waals surface area (Å²) in [5, 5.41) is 3.28. The summed E-state index contributed by atoms with van der Waals surface area (Å²) in [6, 6.07) is 1.70. The van der Waals surface area contributed by atoms with E-state index in [0.717, 1.165) is 29.6 Å². The summed E-state index contributed by atoms with van der Waals surface area (Å²) in [6.45, 7) is 0.952.